The van der Waals surface area contributed by atoms with Crippen molar-refractivity contribution in [1.29, 1.82) is 0 Å². The fraction of sp³-hybridized carbons (Fsp3) is 0.304. The van der Waals surface area contributed by atoms with Gasteiger partial charge < -0.3 is 14.5 Å². The van der Waals surface area contributed by atoms with E-state index in [0.717, 1.165) is 22.9 Å². The Bertz CT molecular complexity index is 992. The molecule has 2 aromatic rings. The molecule has 33 heavy (non-hydrogen) atoms. The molecule has 0 spiro atoms. The van der Waals surface area contributed by atoms with Crippen molar-refractivity contribution in [2.24, 2.45) is 4.99 Å². The number of nitrogens with zero attached hydrogens (tertiary/aromatic N) is 3. The van der Waals surface area contributed by atoms with E-state index in [1.807, 2.05) is 60.7 Å². The number of methoxy groups -OCH3 is 1. The number of carbonyl (C=O) groups excluding carboxylic acids is 1. The average Bonchev–Trinajstić information content (AvgIpc) is 3.16. The highest BCUT2D eigenvalue weighted by Gasteiger charge is 2.52. The van der Waals surface area contributed by atoms with Gasteiger partial charge in [0.25, 0.3) is 0 Å². The monoisotopic (exact) mass is 527 g/mol. The molecule has 0 amide bonds. The predicted molar refractivity (Wildman–Crippen MR) is 137 cm³/mol. The lowest BCUT2D eigenvalue weighted by Gasteiger charge is -2.33. The van der Waals surface area contributed by atoms with Crippen LogP contribution in [0.3, 0.4) is 0 Å². The number of hydrogen-bond donors (Lipinski definition) is 0. The summed E-state index contributed by atoms with van der Waals surface area (Å²) in [5, 5.41) is 0.497. The Labute approximate surface area is 212 Å². The number of carbonyl (C=O) groups is 1. The number of esters is 1. The summed E-state index contributed by atoms with van der Waals surface area (Å²) in [6.07, 6.45) is 1.64. The minimum atomic E-state index is -2.54. The Hall–Kier alpha value is -1.87. The van der Waals surface area contributed by atoms with E-state index in [1.54, 1.807) is 37.1 Å². The molecular formula is C23H24Cl2FN3O2S2. The maximum atomic E-state index is 14.6. The zero-order chi connectivity index (χ0) is 24.2. The van der Waals surface area contributed by atoms with Crippen LogP contribution in [-0.4, -0.2) is 57.7 Å². The lowest BCUT2D eigenvalue weighted by atomic mass is 9.85. The average molecular weight is 529 g/mol. The third-order valence-electron chi connectivity index (χ3n) is 4.92. The van der Waals surface area contributed by atoms with Gasteiger partial charge >= 0.3 is 9.89 Å². The molecule has 0 bridgehead atoms. The van der Waals surface area contributed by atoms with E-state index in [-0.39, 0.29) is 5.70 Å². The van der Waals surface area contributed by atoms with Crippen molar-refractivity contribution in [3.05, 3.63) is 83.7 Å². The van der Waals surface area contributed by atoms with Crippen LogP contribution in [0.4, 0.5) is 4.39 Å². The first-order valence-corrected chi connectivity index (χ1v) is 12.4. The van der Waals surface area contributed by atoms with Gasteiger partial charge in [-0.3, -0.25) is 0 Å². The van der Waals surface area contributed by atoms with Crippen molar-refractivity contribution in [3.63, 3.8) is 0 Å². The van der Waals surface area contributed by atoms with E-state index in [2.05, 4.69) is 0 Å². The number of alkyl halides is 3. The van der Waals surface area contributed by atoms with Gasteiger partial charge in [0.05, 0.1) is 11.7 Å². The van der Waals surface area contributed by atoms with Crippen LogP contribution in [0.2, 0.25) is 0 Å². The van der Waals surface area contributed by atoms with Crippen molar-refractivity contribution in [1.82, 2.24) is 9.80 Å². The first-order chi connectivity index (χ1) is 15.6. The third kappa shape index (κ3) is 5.80. The zero-order valence-corrected chi connectivity index (χ0v) is 21.7. The van der Waals surface area contributed by atoms with Crippen LogP contribution in [0.25, 0.3) is 0 Å². The minimum Gasteiger partial charge on any atom is -0.464 e. The molecule has 2 aromatic carbocycles. The standard InChI is InChI=1S/C23H24Cl2FN3O2S2/c1-28(2)15-18(19(30)31-4)29(3)21-27-22(16-11-7-5-8-12-16,17-13-9-6-10-14-17)20(32-21)33-23(24,25)26/h5-15,20H,1-4H3. The number of benzene rings is 2. The smallest absolute Gasteiger partial charge is 0.356 e. The molecule has 0 saturated heterocycles. The molecule has 176 valence electrons. The molecular weight excluding hydrogens is 504 g/mol. The number of likely N-dealkylation sites (N-methyl/N-ethyl adjacent to an activating group) is 1. The normalized spacial score (nSPS) is 18.0. The summed E-state index contributed by atoms with van der Waals surface area (Å²) in [5.74, 6) is -0.523. The molecule has 5 nitrogen and oxygen atoms in total. The molecule has 1 aliphatic rings. The van der Waals surface area contributed by atoms with Crippen LogP contribution in [0, 0.1) is 0 Å². The van der Waals surface area contributed by atoms with Gasteiger partial charge in [0.2, 0.25) is 0 Å². The largest absolute Gasteiger partial charge is 0.464 e. The molecule has 0 saturated carbocycles. The number of rotatable bonds is 7. The topological polar surface area (TPSA) is 45.1 Å². The van der Waals surface area contributed by atoms with E-state index in [0.29, 0.717) is 5.17 Å². The number of hydrogen-bond acceptors (Lipinski definition) is 7. The number of aliphatic imine (C=N–C) groups is 1. The van der Waals surface area contributed by atoms with Crippen molar-refractivity contribution < 1.29 is 13.9 Å². The summed E-state index contributed by atoms with van der Waals surface area (Å²) in [4.78, 5) is 21.0. The lowest BCUT2D eigenvalue weighted by molar-refractivity contribution is -0.137. The Morgan fingerprint density at radius 3 is 2.06 bits per heavy atom. The molecule has 1 atom stereocenters. The van der Waals surface area contributed by atoms with Gasteiger partial charge in [0, 0.05) is 27.3 Å². The van der Waals surface area contributed by atoms with Crippen LogP contribution in [-0.2, 0) is 15.1 Å². The first kappa shape index (κ1) is 25.7. The second-order valence-electron chi connectivity index (χ2n) is 7.43. The number of amidine groups is 1. The summed E-state index contributed by atoms with van der Waals surface area (Å²) in [6.45, 7) is 0. The second kappa shape index (κ2) is 10.6. The Kier molecular flexibility index (Phi) is 8.26. The van der Waals surface area contributed by atoms with Gasteiger partial charge in [-0.05, 0) is 11.1 Å². The summed E-state index contributed by atoms with van der Waals surface area (Å²) < 4.78 is 16.4. The van der Waals surface area contributed by atoms with Crippen LogP contribution >= 0.6 is 46.7 Å². The van der Waals surface area contributed by atoms with Gasteiger partial charge in [0.1, 0.15) is 11.2 Å². The quantitative estimate of drug-likeness (QED) is 0.263. The molecule has 0 fully saturated rings. The summed E-state index contributed by atoms with van der Waals surface area (Å²) >= 11 is 13.7. The van der Waals surface area contributed by atoms with Gasteiger partial charge in [-0.1, -0.05) is 107 Å². The highest BCUT2D eigenvalue weighted by atomic mass is 35.5. The van der Waals surface area contributed by atoms with Gasteiger partial charge in [-0.25, -0.2) is 9.79 Å². The summed E-state index contributed by atoms with van der Waals surface area (Å²) in [7, 11) is 6.64. The molecule has 1 unspecified atom stereocenters. The number of halogens is 3. The van der Waals surface area contributed by atoms with E-state index >= 15 is 0 Å². The third-order valence-corrected chi connectivity index (χ3v) is 7.98. The van der Waals surface area contributed by atoms with Crippen LogP contribution in [0.5, 0.6) is 0 Å². The van der Waals surface area contributed by atoms with Gasteiger partial charge in [0.15, 0.2) is 5.17 Å². The van der Waals surface area contributed by atoms with Crippen molar-refractivity contribution in [2.45, 2.75) is 14.0 Å². The number of ether oxygens (including phenoxy) is 1. The SMILES string of the molecule is COC(=O)C(=CN(C)C)N(C)C1=NC(c2ccccc2)(c2ccccc2)C(SC(F)(Cl)Cl)S1. The second-order valence-corrected chi connectivity index (χ2v) is 11.8. The molecule has 0 N–H and O–H groups in total. The lowest BCUT2D eigenvalue weighted by Crippen LogP contribution is -2.33. The Balaban J connectivity index is 2.22. The zero-order valence-electron chi connectivity index (χ0n) is 18.5. The van der Waals surface area contributed by atoms with Crippen LogP contribution in [0.1, 0.15) is 11.1 Å². The fourth-order valence-electron chi connectivity index (χ4n) is 3.48. The van der Waals surface area contributed by atoms with Gasteiger partial charge in [-0.15, -0.1) is 0 Å². The summed E-state index contributed by atoms with van der Waals surface area (Å²) in [6, 6.07) is 19.2. The van der Waals surface area contributed by atoms with E-state index in [1.165, 1.54) is 18.9 Å². The van der Waals surface area contributed by atoms with E-state index in [9.17, 15) is 9.18 Å². The molecule has 1 aliphatic heterocycles. The van der Waals surface area contributed by atoms with E-state index < -0.39 is 20.0 Å². The van der Waals surface area contributed by atoms with E-state index in [4.69, 9.17) is 32.9 Å². The Morgan fingerprint density at radius 2 is 1.64 bits per heavy atom. The van der Waals surface area contributed by atoms with Crippen molar-refractivity contribution in [2.75, 3.05) is 28.3 Å². The van der Waals surface area contributed by atoms with Crippen molar-refractivity contribution in [3.8, 4) is 0 Å². The molecule has 0 aliphatic carbocycles. The highest BCUT2D eigenvalue weighted by Crippen LogP contribution is 2.57. The predicted octanol–water partition coefficient (Wildman–Crippen LogP) is 5.66. The van der Waals surface area contributed by atoms with Gasteiger partial charge in [-0.2, -0.15) is 4.39 Å². The molecule has 1 heterocycles. The fourth-order valence-corrected chi connectivity index (χ4v) is 7.05. The molecule has 3 rings (SSSR count). The van der Waals surface area contributed by atoms with Crippen molar-refractivity contribution >= 4 is 57.9 Å². The maximum Gasteiger partial charge on any atom is 0.356 e. The molecule has 0 radical (unpaired) electrons. The first-order valence-electron chi connectivity index (χ1n) is 9.91. The summed E-state index contributed by atoms with van der Waals surface area (Å²) in [5.41, 5.74) is 0.955. The maximum absolute atomic E-state index is 14.6. The molecule has 0 aromatic heterocycles. The van der Waals surface area contributed by atoms with Crippen LogP contribution in [0.15, 0.2) is 77.6 Å². The van der Waals surface area contributed by atoms with Crippen LogP contribution < -0.4 is 0 Å². The molecule has 10 heteroatoms. The highest BCUT2D eigenvalue weighted by molar-refractivity contribution is 8.26. The number of thioether (sulfide) groups is 2. The Morgan fingerprint density at radius 1 is 1.12 bits per heavy atom. The minimum absolute atomic E-state index is 0.276.